The highest BCUT2D eigenvalue weighted by Gasteiger charge is 2.34. The van der Waals surface area contributed by atoms with E-state index in [9.17, 15) is 4.79 Å². The van der Waals surface area contributed by atoms with Crippen LogP contribution < -0.4 is 10.1 Å². The minimum Gasteiger partial charge on any atom is -0.487 e. The molecule has 0 bridgehead atoms. The Morgan fingerprint density at radius 3 is 2.50 bits per heavy atom. The average molecular weight is 379 g/mol. The zero-order valence-corrected chi connectivity index (χ0v) is 16.9. The molecule has 2 aliphatic heterocycles. The van der Waals surface area contributed by atoms with Gasteiger partial charge >= 0.3 is 0 Å². The third-order valence-electron chi connectivity index (χ3n) is 5.94. The number of hydrogen-bond acceptors (Lipinski definition) is 3. The minimum absolute atomic E-state index is 0.00862. The van der Waals surface area contributed by atoms with Crippen molar-refractivity contribution in [1.29, 1.82) is 0 Å². The number of likely N-dealkylation sites (tertiary alicyclic amines) is 1. The van der Waals surface area contributed by atoms with Crippen molar-refractivity contribution in [3.05, 3.63) is 65.7 Å². The molecular weight excluding hydrogens is 348 g/mol. The van der Waals surface area contributed by atoms with E-state index >= 15 is 0 Å². The van der Waals surface area contributed by atoms with Gasteiger partial charge in [0, 0.05) is 12.0 Å². The number of carbonyl (C=O) groups excluding carboxylic acids is 1. The number of piperidine rings is 1. The van der Waals surface area contributed by atoms with Crippen LogP contribution in [-0.4, -0.2) is 36.0 Å². The molecule has 1 N–H and O–H groups in total. The summed E-state index contributed by atoms with van der Waals surface area (Å²) in [6, 6.07) is 18.8. The molecule has 4 heteroatoms. The highest BCUT2D eigenvalue weighted by Crippen LogP contribution is 2.39. The molecule has 2 heterocycles. The Kier molecular flexibility index (Phi) is 5.40. The SMILES string of the molecule is CC1(C)CC(NC(=O)CN2CCC(c3ccccc3)CC2)c2ccccc2O1. The molecule has 1 saturated heterocycles. The van der Waals surface area contributed by atoms with Crippen LogP contribution in [0.3, 0.4) is 0 Å². The molecule has 0 aliphatic carbocycles. The van der Waals surface area contributed by atoms with Gasteiger partial charge in [0.25, 0.3) is 0 Å². The Morgan fingerprint density at radius 1 is 1.07 bits per heavy atom. The lowest BCUT2D eigenvalue weighted by Crippen LogP contribution is -2.45. The van der Waals surface area contributed by atoms with Crippen LogP contribution in [0.1, 0.15) is 56.2 Å². The summed E-state index contributed by atoms with van der Waals surface area (Å²) in [4.78, 5) is 15.0. The second-order valence-electron chi connectivity index (χ2n) is 8.68. The monoisotopic (exact) mass is 378 g/mol. The van der Waals surface area contributed by atoms with Gasteiger partial charge in [-0.25, -0.2) is 0 Å². The molecule has 1 atom stereocenters. The third kappa shape index (κ3) is 4.39. The Balaban J connectivity index is 1.33. The van der Waals surface area contributed by atoms with E-state index < -0.39 is 0 Å². The van der Waals surface area contributed by atoms with Gasteiger partial charge in [-0.1, -0.05) is 48.5 Å². The van der Waals surface area contributed by atoms with Crippen molar-refractivity contribution in [2.45, 2.75) is 50.7 Å². The molecule has 0 saturated carbocycles. The second kappa shape index (κ2) is 7.96. The molecular formula is C24H30N2O2. The van der Waals surface area contributed by atoms with Crippen molar-refractivity contribution in [3.8, 4) is 5.75 Å². The van der Waals surface area contributed by atoms with E-state index in [0.717, 1.165) is 43.7 Å². The predicted octanol–water partition coefficient (Wildman–Crippen LogP) is 4.28. The largest absolute Gasteiger partial charge is 0.487 e. The maximum absolute atomic E-state index is 12.8. The molecule has 1 unspecified atom stereocenters. The number of para-hydroxylation sites is 1. The van der Waals surface area contributed by atoms with Crippen LogP contribution in [0, 0.1) is 0 Å². The lowest BCUT2D eigenvalue weighted by atomic mass is 9.89. The summed E-state index contributed by atoms with van der Waals surface area (Å²) in [5.41, 5.74) is 2.23. The first-order valence-corrected chi connectivity index (χ1v) is 10.3. The zero-order valence-electron chi connectivity index (χ0n) is 16.9. The van der Waals surface area contributed by atoms with Crippen LogP contribution in [-0.2, 0) is 4.79 Å². The fourth-order valence-corrected chi connectivity index (χ4v) is 4.52. The van der Waals surface area contributed by atoms with Gasteiger partial charge in [0.05, 0.1) is 12.6 Å². The number of benzene rings is 2. The fourth-order valence-electron chi connectivity index (χ4n) is 4.52. The average Bonchev–Trinajstić information content (AvgIpc) is 2.68. The molecule has 2 aromatic carbocycles. The molecule has 0 radical (unpaired) electrons. The molecule has 2 aromatic rings. The van der Waals surface area contributed by atoms with Gasteiger partial charge in [0.2, 0.25) is 5.91 Å². The Bertz CT molecular complexity index is 810. The normalized spacial score (nSPS) is 22.1. The summed E-state index contributed by atoms with van der Waals surface area (Å²) in [7, 11) is 0. The Labute approximate surface area is 167 Å². The van der Waals surface area contributed by atoms with E-state index in [1.807, 2.05) is 18.2 Å². The minimum atomic E-state index is -0.277. The molecule has 28 heavy (non-hydrogen) atoms. The van der Waals surface area contributed by atoms with Crippen LogP contribution in [0.5, 0.6) is 5.75 Å². The summed E-state index contributed by atoms with van der Waals surface area (Å²) in [5.74, 6) is 1.60. The summed E-state index contributed by atoms with van der Waals surface area (Å²) in [6.07, 6.45) is 3.01. The smallest absolute Gasteiger partial charge is 0.234 e. The summed E-state index contributed by atoms with van der Waals surface area (Å²) in [6.45, 7) is 6.58. The van der Waals surface area contributed by atoms with Gasteiger partial charge < -0.3 is 10.1 Å². The topological polar surface area (TPSA) is 41.6 Å². The number of amides is 1. The van der Waals surface area contributed by atoms with E-state index in [-0.39, 0.29) is 17.6 Å². The zero-order chi connectivity index (χ0) is 19.6. The second-order valence-corrected chi connectivity index (χ2v) is 8.68. The standard InChI is InChI=1S/C24H30N2O2/c1-24(2)16-21(20-10-6-7-11-22(20)28-24)25-23(27)17-26-14-12-19(13-15-26)18-8-4-3-5-9-18/h3-11,19,21H,12-17H2,1-2H3,(H,25,27). The van der Waals surface area contributed by atoms with E-state index in [4.69, 9.17) is 4.74 Å². The highest BCUT2D eigenvalue weighted by atomic mass is 16.5. The molecule has 4 nitrogen and oxygen atoms in total. The van der Waals surface area contributed by atoms with Gasteiger partial charge in [-0.15, -0.1) is 0 Å². The maximum atomic E-state index is 12.8. The lowest BCUT2D eigenvalue weighted by molar-refractivity contribution is -0.123. The van der Waals surface area contributed by atoms with E-state index in [2.05, 4.69) is 60.5 Å². The van der Waals surface area contributed by atoms with Crippen LogP contribution in [0.4, 0.5) is 0 Å². The molecule has 2 aliphatic rings. The summed E-state index contributed by atoms with van der Waals surface area (Å²) < 4.78 is 6.07. The summed E-state index contributed by atoms with van der Waals surface area (Å²) >= 11 is 0. The number of hydrogen-bond donors (Lipinski definition) is 1. The first-order chi connectivity index (χ1) is 13.5. The van der Waals surface area contributed by atoms with Crippen LogP contribution >= 0.6 is 0 Å². The molecule has 0 aromatic heterocycles. The molecule has 1 amide bonds. The number of rotatable bonds is 4. The van der Waals surface area contributed by atoms with Crippen molar-refractivity contribution < 1.29 is 9.53 Å². The van der Waals surface area contributed by atoms with Crippen molar-refractivity contribution >= 4 is 5.91 Å². The number of nitrogens with zero attached hydrogens (tertiary/aromatic N) is 1. The van der Waals surface area contributed by atoms with Crippen molar-refractivity contribution in [2.75, 3.05) is 19.6 Å². The van der Waals surface area contributed by atoms with Gasteiger partial charge in [0.1, 0.15) is 11.4 Å². The van der Waals surface area contributed by atoms with Gasteiger partial charge in [0.15, 0.2) is 0 Å². The Hall–Kier alpha value is -2.33. The van der Waals surface area contributed by atoms with E-state index in [1.54, 1.807) is 0 Å². The quantitative estimate of drug-likeness (QED) is 0.863. The van der Waals surface area contributed by atoms with Gasteiger partial charge in [-0.05, 0) is 57.3 Å². The number of ether oxygens (including phenoxy) is 1. The van der Waals surface area contributed by atoms with Crippen LogP contribution in [0.2, 0.25) is 0 Å². The molecule has 0 spiro atoms. The summed E-state index contributed by atoms with van der Waals surface area (Å²) in [5, 5.41) is 3.26. The van der Waals surface area contributed by atoms with Gasteiger partial charge in [-0.3, -0.25) is 9.69 Å². The molecule has 1 fully saturated rings. The van der Waals surface area contributed by atoms with Crippen LogP contribution in [0.25, 0.3) is 0 Å². The van der Waals surface area contributed by atoms with E-state index in [0.29, 0.717) is 12.5 Å². The maximum Gasteiger partial charge on any atom is 0.234 e. The fraction of sp³-hybridized carbons (Fsp3) is 0.458. The van der Waals surface area contributed by atoms with Crippen LogP contribution in [0.15, 0.2) is 54.6 Å². The third-order valence-corrected chi connectivity index (χ3v) is 5.94. The number of carbonyl (C=O) groups is 1. The lowest BCUT2D eigenvalue weighted by Gasteiger charge is -2.38. The number of fused-ring (bicyclic) bond motifs is 1. The molecule has 4 rings (SSSR count). The Morgan fingerprint density at radius 2 is 1.75 bits per heavy atom. The van der Waals surface area contributed by atoms with Crippen molar-refractivity contribution in [1.82, 2.24) is 10.2 Å². The number of nitrogens with one attached hydrogen (secondary N) is 1. The van der Waals surface area contributed by atoms with Gasteiger partial charge in [-0.2, -0.15) is 0 Å². The van der Waals surface area contributed by atoms with E-state index in [1.165, 1.54) is 5.56 Å². The van der Waals surface area contributed by atoms with Crippen molar-refractivity contribution in [3.63, 3.8) is 0 Å². The van der Waals surface area contributed by atoms with Crippen molar-refractivity contribution in [2.24, 2.45) is 0 Å². The highest BCUT2D eigenvalue weighted by molar-refractivity contribution is 5.78. The first-order valence-electron chi connectivity index (χ1n) is 10.3. The molecule has 148 valence electrons. The first kappa shape index (κ1) is 19.0. The predicted molar refractivity (Wildman–Crippen MR) is 112 cm³/mol.